The predicted molar refractivity (Wildman–Crippen MR) is 78.4 cm³/mol. The number of rotatable bonds is 1. The van der Waals surface area contributed by atoms with E-state index in [1.165, 1.54) is 4.90 Å². The van der Waals surface area contributed by atoms with Crippen LogP contribution in [-0.2, 0) is 15.2 Å². The van der Waals surface area contributed by atoms with Gasteiger partial charge < -0.3 is 10.0 Å². The van der Waals surface area contributed by atoms with Gasteiger partial charge in [0.25, 0.3) is 5.91 Å². The maximum Gasteiger partial charge on any atom is 0.264 e. The molecule has 1 fully saturated rings. The van der Waals surface area contributed by atoms with Gasteiger partial charge in [-0.15, -0.1) is 0 Å². The molecule has 1 aliphatic heterocycles. The fourth-order valence-electron chi connectivity index (χ4n) is 3.35. The van der Waals surface area contributed by atoms with Gasteiger partial charge in [0.1, 0.15) is 5.78 Å². The van der Waals surface area contributed by atoms with Gasteiger partial charge in [0.05, 0.1) is 11.6 Å². The molecule has 1 aromatic rings. The third kappa shape index (κ3) is 1.76. The average molecular weight is 338 g/mol. The van der Waals surface area contributed by atoms with Gasteiger partial charge in [-0.25, -0.2) is 0 Å². The lowest BCUT2D eigenvalue weighted by molar-refractivity contribution is -0.151. The molecule has 0 bridgehead atoms. The number of ketones is 1. The summed E-state index contributed by atoms with van der Waals surface area (Å²) >= 11 is 3.37. The van der Waals surface area contributed by atoms with E-state index < -0.39 is 17.4 Å². The lowest BCUT2D eigenvalue weighted by Crippen LogP contribution is -2.48. The number of Topliss-reactive ketones (excluding diaryl/α,β-unsaturated/α-hetero) is 1. The van der Waals surface area contributed by atoms with Crippen LogP contribution in [0.25, 0.3) is 0 Å². The van der Waals surface area contributed by atoms with Crippen LogP contribution in [-0.4, -0.2) is 23.8 Å². The van der Waals surface area contributed by atoms with Crippen LogP contribution in [0.3, 0.4) is 0 Å². The average Bonchev–Trinajstić information content (AvgIpc) is 2.62. The Bertz CT molecular complexity index is 601. The number of likely N-dealkylation sites (N-methyl/N-ethyl adjacent to an activating group) is 1. The summed E-state index contributed by atoms with van der Waals surface area (Å²) < 4.78 is 0.793. The highest BCUT2D eigenvalue weighted by atomic mass is 79.9. The molecular weight excluding hydrogens is 322 g/mol. The Hall–Kier alpha value is -1.20. The van der Waals surface area contributed by atoms with Crippen LogP contribution in [0.4, 0.5) is 5.69 Å². The molecule has 4 nitrogen and oxygen atoms in total. The van der Waals surface area contributed by atoms with E-state index >= 15 is 0 Å². The monoisotopic (exact) mass is 337 g/mol. The first-order chi connectivity index (χ1) is 9.46. The molecule has 0 unspecified atom stereocenters. The first-order valence-corrected chi connectivity index (χ1v) is 7.59. The number of amides is 1. The Labute approximate surface area is 125 Å². The summed E-state index contributed by atoms with van der Waals surface area (Å²) in [6.07, 6.45) is 2.74. The van der Waals surface area contributed by atoms with Gasteiger partial charge >= 0.3 is 0 Å². The molecule has 0 spiro atoms. The second-order valence-electron chi connectivity index (χ2n) is 5.56. The van der Waals surface area contributed by atoms with Crippen LogP contribution in [0.2, 0.25) is 0 Å². The topological polar surface area (TPSA) is 57.6 Å². The molecule has 5 heteroatoms. The third-order valence-corrected chi connectivity index (χ3v) is 4.91. The summed E-state index contributed by atoms with van der Waals surface area (Å²) in [5, 5.41) is 11.1. The maximum absolute atomic E-state index is 12.5. The molecule has 20 heavy (non-hydrogen) atoms. The zero-order chi connectivity index (χ0) is 14.5. The lowest BCUT2D eigenvalue weighted by atomic mass is 9.73. The summed E-state index contributed by atoms with van der Waals surface area (Å²) in [4.78, 5) is 26.2. The minimum absolute atomic E-state index is 0.00618. The Morgan fingerprint density at radius 3 is 2.80 bits per heavy atom. The zero-order valence-corrected chi connectivity index (χ0v) is 12.8. The highest BCUT2D eigenvalue weighted by molar-refractivity contribution is 9.10. The smallest absolute Gasteiger partial charge is 0.264 e. The van der Waals surface area contributed by atoms with Crippen molar-refractivity contribution < 1.29 is 14.7 Å². The van der Waals surface area contributed by atoms with Crippen LogP contribution in [0.15, 0.2) is 22.7 Å². The minimum atomic E-state index is -1.70. The van der Waals surface area contributed by atoms with Gasteiger partial charge in [-0.3, -0.25) is 9.59 Å². The Kier molecular flexibility index (Phi) is 3.21. The highest BCUT2D eigenvalue weighted by Gasteiger charge is 2.56. The normalized spacial score (nSPS) is 29.8. The molecule has 1 saturated carbocycles. The van der Waals surface area contributed by atoms with E-state index in [4.69, 9.17) is 0 Å². The Morgan fingerprint density at radius 2 is 2.10 bits per heavy atom. The van der Waals surface area contributed by atoms with Gasteiger partial charge in [-0.1, -0.05) is 22.4 Å². The van der Waals surface area contributed by atoms with Crippen LogP contribution < -0.4 is 4.90 Å². The molecule has 3 rings (SSSR count). The number of hydrogen-bond donors (Lipinski definition) is 1. The summed E-state index contributed by atoms with van der Waals surface area (Å²) in [5.74, 6) is -1.03. The number of carbonyl (C=O) groups is 2. The predicted octanol–water partition coefficient (Wildman–Crippen LogP) is 2.37. The van der Waals surface area contributed by atoms with E-state index in [9.17, 15) is 14.7 Å². The summed E-state index contributed by atoms with van der Waals surface area (Å²) in [6, 6.07) is 5.37. The first kappa shape index (κ1) is 13.8. The van der Waals surface area contributed by atoms with Crippen LogP contribution in [0.5, 0.6) is 0 Å². The SMILES string of the molecule is CN1C(=O)[C@@](O)([C@@H]2CCCCC2=O)c2cc(Br)ccc21. The van der Waals surface area contributed by atoms with Gasteiger partial charge in [-0.2, -0.15) is 0 Å². The zero-order valence-electron chi connectivity index (χ0n) is 11.2. The van der Waals surface area contributed by atoms with E-state index in [0.29, 0.717) is 24.1 Å². The number of carbonyl (C=O) groups excluding carboxylic acids is 2. The van der Waals surface area contributed by atoms with Gasteiger partial charge in [0, 0.05) is 23.5 Å². The van der Waals surface area contributed by atoms with Crippen molar-refractivity contribution in [3.63, 3.8) is 0 Å². The summed E-state index contributed by atoms with van der Waals surface area (Å²) in [7, 11) is 1.64. The number of halogens is 1. The van der Waals surface area contributed by atoms with Crippen molar-refractivity contribution in [2.75, 3.05) is 11.9 Å². The fraction of sp³-hybridized carbons (Fsp3) is 0.467. The van der Waals surface area contributed by atoms with Crippen molar-refractivity contribution in [2.45, 2.75) is 31.3 Å². The molecule has 0 aromatic heterocycles. The fourth-order valence-corrected chi connectivity index (χ4v) is 3.71. The Morgan fingerprint density at radius 1 is 1.35 bits per heavy atom. The molecule has 2 aliphatic rings. The maximum atomic E-state index is 12.5. The van der Waals surface area contributed by atoms with E-state index in [1.54, 1.807) is 19.2 Å². The highest BCUT2D eigenvalue weighted by Crippen LogP contribution is 2.48. The molecule has 1 aliphatic carbocycles. The molecule has 2 atom stereocenters. The van der Waals surface area contributed by atoms with E-state index in [2.05, 4.69) is 15.9 Å². The second kappa shape index (κ2) is 4.67. The number of fused-ring (bicyclic) bond motifs is 1. The summed E-state index contributed by atoms with van der Waals surface area (Å²) in [6.45, 7) is 0. The molecule has 1 amide bonds. The van der Waals surface area contributed by atoms with Gasteiger partial charge in [0.15, 0.2) is 5.60 Å². The molecule has 1 aromatic carbocycles. The molecule has 0 saturated heterocycles. The van der Waals surface area contributed by atoms with Crippen molar-refractivity contribution in [1.82, 2.24) is 0 Å². The standard InChI is InChI=1S/C15H16BrNO3/c1-17-12-7-6-9(16)8-11(12)15(20,14(17)19)10-4-2-3-5-13(10)18/h6-8,10,20H,2-5H2,1H3/t10-,15-/m1/s1. The van der Waals surface area contributed by atoms with Crippen molar-refractivity contribution in [3.05, 3.63) is 28.2 Å². The number of anilines is 1. The second-order valence-corrected chi connectivity index (χ2v) is 6.47. The third-order valence-electron chi connectivity index (χ3n) is 4.42. The largest absolute Gasteiger partial charge is 0.375 e. The quantitative estimate of drug-likeness (QED) is 0.855. The van der Waals surface area contributed by atoms with E-state index in [0.717, 1.165) is 17.3 Å². The number of benzene rings is 1. The lowest BCUT2D eigenvalue weighted by Gasteiger charge is -2.33. The van der Waals surface area contributed by atoms with Crippen LogP contribution in [0.1, 0.15) is 31.2 Å². The van der Waals surface area contributed by atoms with E-state index in [1.807, 2.05) is 6.07 Å². The Balaban J connectivity index is 2.15. The number of aliphatic hydroxyl groups is 1. The van der Waals surface area contributed by atoms with Gasteiger partial charge in [0.2, 0.25) is 0 Å². The molecule has 106 valence electrons. The molecular formula is C15H16BrNO3. The molecule has 1 N–H and O–H groups in total. The van der Waals surface area contributed by atoms with Crippen molar-refractivity contribution in [1.29, 1.82) is 0 Å². The van der Waals surface area contributed by atoms with Crippen molar-refractivity contribution >= 4 is 33.3 Å². The molecule has 1 heterocycles. The van der Waals surface area contributed by atoms with Crippen molar-refractivity contribution in [2.24, 2.45) is 5.92 Å². The minimum Gasteiger partial charge on any atom is -0.375 e. The van der Waals surface area contributed by atoms with Gasteiger partial charge in [-0.05, 0) is 31.0 Å². The number of nitrogens with zero attached hydrogens (tertiary/aromatic N) is 1. The number of hydrogen-bond acceptors (Lipinski definition) is 3. The van der Waals surface area contributed by atoms with Crippen LogP contribution >= 0.6 is 15.9 Å². The van der Waals surface area contributed by atoms with E-state index in [-0.39, 0.29) is 5.78 Å². The summed E-state index contributed by atoms with van der Waals surface area (Å²) in [5.41, 5.74) is -0.482. The van der Waals surface area contributed by atoms with Crippen LogP contribution in [0, 0.1) is 5.92 Å². The van der Waals surface area contributed by atoms with Crippen molar-refractivity contribution in [3.8, 4) is 0 Å². The first-order valence-electron chi connectivity index (χ1n) is 6.79. The molecule has 0 radical (unpaired) electrons.